The highest BCUT2D eigenvalue weighted by molar-refractivity contribution is 7.13. The molecule has 126 valence electrons. The summed E-state index contributed by atoms with van der Waals surface area (Å²) in [5, 5.41) is 15.4. The fraction of sp³-hybridized carbons (Fsp3) is 0.333. The first-order chi connectivity index (χ1) is 11.7. The molecule has 3 rings (SSSR count). The van der Waals surface area contributed by atoms with Crippen LogP contribution in [0.1, 0.15) is 30.3 Å². The summed E-state index contributed by atoms with van der Waals surface area (Å²) in [5.41, 5.74) is 2.68. The smallest absolute Gasteiger partial charge is 0.270 e. The van der Waals surface area contributed by atoms with Gasteiger partial charge in [0.25, 0.3) is 5.91 Å². The van der Waals surface area contributed by atoms with E-state index in [-0.39, 0.29) is 12.5 Å². The van der Waals surface area contributed by atoms with E-state index in [0.717, 1.165) is 23.7 Å². The molecule has 0 unspecified atom stereocenters. The molecule has 3 aromatic rings. The number of hydrogen-bond acceptors (Lipinski definition) is 4. The number of para-hydroxylation sites is 1. The Balaban J connectivity index is 1.91. The number of carbonyl (C=O) groups excluding carboxylic acids is 1. The van der Waals surface area contributed by atoms with Gasteiger partial charge in [-0.05, 0) is 25.0 Å². The lowest BCUT2D eigenvalue weighted by Gasteiger charge is -2.07. The van der Waals surface area contributed by atoms with Gasteiger partial charge in [-0.3, -0.25) is 4.79 Å². The Labute approximate surface area is 145 Å². The topological polar surface area (TPSA) is 67.2 Å². The molecule has 1 aromatic carbocycles. The quantitative estimate of drug-likeness (QED) is 0.647. The van der Waals surface area contributed by atoms with E-state index in [2.05, 4.69) is 40.0 Å². The summed E-state index contributed by atoms with van der Waals surface area (Å²) in [6.45, 7) is 3.60. The van der Waals surface area contributed by atoms with Crippen molar-refractivity contribution in [3.63, 3.8) is 0 Å². The van der Waals surface area contributed by atoms with E-state index >= 15 is 0 Å². The van der Waals surface area contributed by atoms with Gasteiger partial charge in [-0.1, -0.05) is 25.1 Å². The molecule has 0 bridgehead atoms. The molecule has 5 nitrogen and oxygen atoms in total. The fourth-order valence-electron chi connectivity index (χ4n) is 2.72. The molecule has 0 aliphatic heterocycles. The summed E-state index contributed by atoms with van der Waals surface area (Å²) in [6, 6.07) is 10.4. The van der Waals surface area contributed by atoms with Crippen molar-refractivity contribution in [3.8, 4) is 10.7 Å². The summed E-state index contributed by atoms with van der Waals surface area (Å²) in [7, 11) is 0. The molecular formula is C18H21N3O2S. The van der Waals surface area contributed by atoms with Crippen LogP contribution < -0.4 is 5.32 Å². The van der Waals surface area contributed by atoms with Gasteiger partial charge < -0.3 is 15.0 Å². The monoisotopic (exact) mass is 343 g/mol. The highest BCUT2D eigenvalue weighted by Gasteiger charge is 2.16. The van der Waals surface area contributed by atoms with Crippen molar-refractivity contribution in [3.05, 3.63) is 41.4 Å². The molecule has 0 spiro atoms. The Hall–Kier alpha value is -2.18. The van der Waals surface area contributed by atoms with E-state index < -0.39 is 0 Å². The van der Waals surface area contributed by atoms with Crippen molar-refractivity contribution in [1.82, 2.24) is 14.9 Å². The first-order valence-electron chi connectivity index (χ1n) is 8.17. The zero-order valence-electron chi connectivity index (χ0n) is 13.7. The van der Waals surface area contributed by atoms with Gasteiger partial charge in [0.1, 0.15) is 10.7 Å². The lowest BCUT2D eigenvalue weighted by molar-refractivity contribution is 0.0947. The molecule has 24 heavy (non-hydrogen) atoms. The maximum atomic E-state index is 12.1. The number of benzene rings is 1. The molecule has 2 heterocycles. The van der Waals surface area contributed by atoms with Gasteiger partial charge in [-0.2, -0.15) is 0 Å². The Morgan fingerprint density at radius 2 is 2.21 bits per heavy atom. The maximum Gasteiger partial charge on any atom is 0.270 e. The number of aryl methyl sites for hydroxylation is 1. The lowest BCUT2D eigenvalue weighted by atomic mass is 10.2. The minimum Gasteiger partial charge on any atom is -0.396 e. The number of carbonyl (C=O) groups is 1. The zero-order chi connectivity index (χ0) is 16.9. The number of thiazole rings is 1. The van der Waals surface area contributed by atoms with E-state index in [4.69, 9.17) is 5.11 Å². The fourth-order valence-corrected chi connectivity index (χ4v) is 3.54. The Morgan fingerprint density at radius 1 is 1.38 bits per heavy atom. The molecule has 1 amide bonds. The first-order valence-corrected chi connectivity index (χ1v) is 9.05. The molecule has 0 saturated carbocycles. The highest BCUT2D eigenvalue weighted by atomic mass is 32.1. The van der Waals surface area contributed by atoms with Gasteiger partial charge in [0, 0.05) is 36.0 Å². The van der Waals surface area contributed by atoms with Crippen molar-refractivity contribution in [2.45, 2.75) is 26.3 Å². The summed E-state index contributed by atoms with van der Waals surface area (Å²) in [6.07, 6.45) is 1.58. The Morgan fingerprint density at radius 3 is 3.00 bits per heavy atom. The molecule has 0 aliphatic rings. The SMILES string of the molecule is CCCn1c(-c2nc(C(=O)NCCCO)cs2)cc2ccccc21. The minimum absolute atomic E-state index is 0.0692. The van der Waals surface area contributed by atoms with Crippen LogP contribution in [0.5, 0.6) is 0 Å². The van der Waals surface area contributed by atoms with Crippen LogP contribution in [-0.4, -0.2) is 33.7 Å². The van der Waals surface area contributed by atoms with Gasteiger partial charge in [0.05, 0.1) is 5.69 Å². The van der Waals surface area contributed by atoms with Crippen molar-refractivity contribution in [2.75, 3.05) is 13.2 Å². The van der Waals surface area contributed by atoms with E-state index in [1.54, 1.807) is 5.38 Å². The second-order valence-electron chi connectivity index (χ2n) is 5.61. The number of rotatable bonds is 7. The number of aromatic nitrogens is 2. The molecule has 6 heteroatoms. The summed E-state index contributed by atoms with van der Waals surface area (Å²) < 4.78 is 2.27. The number of fused-ring (bicyclic) bond motifs is 1. The number of aliphatic hydroxyl groups is 1. The molecule has 0 atom stereocenters. The van der Waals surface area contributed by atoms with Crippen LogP contribution >= 0.6 is 11.3 Å². The van der Waals surface area contributed by atoms with E-state index in [0.29, 0.717) is 18.7 Å². The molecule has 2 aromatic heterocycles. The van der Waals surface area contributed by atoms with Crippen LogP contribution in [0, 0.1) is 0 Å². The Bertz CT molecular complexity index is 838. The summed E-state index contributed by atoms with van der Waals surface area (Å²) >= 11 is 1.48. The second kappa shape index (κ2) is 7.59. The first kappa shape index (κ1) is 16.7. The second-order valence-corrected chi connectivity index (χ2v) is 6.47. The number of nitrogens with one attached hydrogen (secondary N) is 1. The standard InChI is InChI=1S/C18H21N3O2S/c1-2-9-21-15-7-4-3-6-13(15)11-16(21)18-20-14(12-24-18)17(23)19-8-5-10-22/h3-4,6-7,11-12,22H,2,5,8-10H2,1H3,(H,19,23). The van der Waals surface area contributed by atoms with Crippen molar-refractivity contribution < 1.29 is 9.90 Å². The number of amides is 1. The highest BCUT2D eigenvalue weighted by Crippen LogP contribution is 2.30. The molecule has 0 radical (unpaired) electrons. The lowest BCUT2D eigenvalue weighted by Crippen LogP contribution is -2.25. The third kappa shape index (κ3) is 3.34. The van der Waals surface area contributed by atoms with Crippen LogP contribution in [-0.2, 0) is 6.54 Å². The molecule has 0 saturated heterocycles. The van der Waals surface area contributed by atoms with E-state index in [1.165, 1.54) is 22.2 Å². The van der Waals surface area contributed by atoms with Crippen molar-refractivity contribution in [1.29, 1.82) is 0 Å². The molecule has 0 aliphatic carbocycles. The van der Waals surface area contributed by atoms with E-state index in [1.807, 2.05) is 12.1 Å². The van der Waals surface area contributed by atoms with Crippen molar-refractivity contribution in [2.24, 2.45) is 0 Å². The summed E-state index contributed by atoms with van der Waals surface area (Å²) in [4.78, 5) is 16.6. The Kier molecular flexibility index (Phi) is 5.27. The zero-order valence-corrected chi connectivity index (χ0v) is 14.5. The largest absolute Gasteiger partial charge is 0.396 e. The molecular weight excluding hydrogens is 322 g/mol. The minimum atomic E-state index is -0.191. The van der Waals surface area contributed by atoms with Crippen LogP contribution in [0.3, 0.4) is 0 Å². The van der Waals surface area contributed by atoms with Crippen molar-refractivity contribution >= 4 is 28.1 Å². The van der Waals surface area contributed by atoms with Crippen LogP contribution in [0.4, 0.5) is 0 Å². The van der Waals surface area contributed by atoms with Crippen LogP contribution in [0.25, 0.3) is 21.6 Å². The van der Waals surface area contributed by atoms with Gasteiger partial charge in [-0.25, -0.2) is 4.98 Å². The predicted molar refractivity (Wildman–Crippen MR) is 97.4 cm³/mol. The van der Waals surface area contributed by atoms with Gasteiger partial charge in [0.2, 0.25) is 0 Å². The van der Waals surface area contributed by atoms with Crippen LogP contribution in [0.15, 0.2) is 35.7 Å². The third-order valence-electron chi connectivity index (χ3n) is 3.83. The normalized spacial score (nSPS) is 11.1. The van der Waals surface area contributed by atoms with Crippen LogP contribution in [0.2, 0.25) is 0 Å². The summed E-state index contributed by atoms with van der Waals surface area (Å²) in [5.74, 6) is -0.191. The number of nitrogens with zero attached hydrogens (tertiary/aromatic N) is 2. The van der Waals surface area contributed by atoms with Gasteiger partial charge in [-0.15, -0.1) is 11.3 Å². The van der Waals surface area contributed by atoms with Gasteiger partial charge in [0.15, 0.2) is 0 Å². The number of aliphatic hydroxyl groups excluding tert-OH is 1. The predicted octanol–water partition coefficient (Wildman–Crippen LogP) is 3.29. The molecule has 0 fully saturated rings. The molecule has 2 N–H and O–H groups in total. The van der Waals surface area contributed by atoms with Gasteiger partial charge >= 0.3 is 0 Å². The average molecular weight is 343 g/mol. The van der Waals surface area contributed by atoms with E-state index in [9.17, 15) is 4.79 Å². The maximum absolute atomic E-state index is 12.1. The number of hydrogen-bond donors (Lipinski definition) is 2. The average Bonchev–Trinajstić information content (AvgIpc) is 3.21. The third-order valence-corrected chi connectivity index (χ3v) is 4.70.